The summed E-state index contributed by atoms with van der Waals surface area (Å²) in [5.41, 5.74) is 8.74. The maximum atomic E-state index is 14.1. The number of carbonyl (C=O) groups excluding carboxylic acids is 1. The van der Waals surface area contributed by atoms with E-state index >= 15 is 0 Å². The molecule has 0 aliphatic rings. The number of fused-ring (bicyclic) bond motifs is 1. The second kappa shape index (κ2) is 10.6. The van der Waals surface area contributed by atoms with Crippen molar-refractivity contribution in [1.82, 2.24) is 34.6 Å². The molecule has 10 nitrogen and oxygen atoms in total. The summed E-state index contributed by atoms with van der Waals surface area (Å²) in [7, 11) is 1.81. The highest BCUT2D eigenvalue weighted by Gasteiger charge is 2.23. The SMILES string of the molecule is CCc1cnc(C(=O)NC(C)c2nc3cccc(C#Cc4cnn(C)c4)c3c(=O)n2-c2ccccc2)c(N)n1. The number of nitrogens with two attached hydrogens (primary N) is 1. The molecule has 0 saturated heterocycles. The van der Waals surface area contributed by atoms with E-state index in [0.29, 0.717) is 40.1 Å². The van der Waals surface area contributed by atoms with Gasteiger partial charge in [0.05, 0.1) is 40.1 Å². The Bertz CT molecular complexity index is 1810. The number of rotatable bonds is 5. The molecule has 1 unspecified atom stereocenters. The third kappa shape index (κ3) is 5.10. The summed E-state index contributed by atoms with van der Waals surface area (Å²) in [6.45, 7) is 3.68. The van der Waals surface area contributed by atoms with Crippen molar-refractivity contribution < 1.29 is 4.79 Å². The highest BCUT2D eigenvalue weighted by molar-refractivity contribution is 5.96. The zero-order valence-corrected chi connectivity index (χ0v) is 21.7. The minimum absolute atomic E-state index is 0.0152. The molecule has 5 rings (SSSR count). The smallest absolute Gasteiger partial charge is 0.274 e. The van der Waals surface area contributed by atoms with Crippen LogP contribution >= 0.6 is 0 Å². The molecule has 10 heteroatoms. The molecule has 0 fully saturated rings. The third-order valence-corrected chi connectivity index (χ3v) is 6.15. The number of nitrogens with zero attached hydrogens (tertiary/aromatic N) is 6. The Kier molecular flexibility index (Phi) is 6.89. The molecule has 39 heavy (non-hydrogen) atoms. The van der Waals surface area contributed by atoms with Crippen LogP contribution in [0.2, 0.25) is 0 Å². The van der Waals surface area contributed by atoms with Crippen LogP contribution in [0.25, 0.3) is 16.6 Å². The molecular formula is C29H26N8O2. The number of anilines is 1. The highest BCUT2D eigenvalue weighted by atomic mass is 16.2. The van der Waals surface area contributed by atoms with E-state index in [1.165, 1.54) is 10.8 Å². The average Bonchev–Trinajstić information content (AvgIpc) is 3.36. The van der Waals surface area contributed by atoms with Crippen molar-refractivity contribution in [2.45, 2.75) is 26.3 Å². The van der Waals surface area contributed by atoms with Gasteiger partial charge in [-0.05, 0) is 37.6 Å². The van der Waals surface area contributed by atoms with Gasteiger partial charge in [-0.3, -0.25) is 18.8 Å². The first-order valence-electron chi connectivity index (χ1n) is 12.4. The topological polar surface area (TPSA) is 134 Å². The summed E-state index contributed by atoms with van der Waals surface area (Å²) in [5, 5.41) is 7.39. The maximum Gasteiger partial charge on any atom is 0.274 e. The lowest BCUT2D eigenvalue weighted by atomic mass is 10.1. The number of nitrogen functional groups attached to an aromatic ring is 1. The summed E-state index contributed by atoms with van der Waals surface area (Å²) >= 11 is 0. The molecule has 1 atom stereocenters. The van der Waals surface area contributed by atoms with Gasteiger partial charge in [0.15, 0.2) is 11.5 Å². The van der Waals surface area contributed by atoms with Crippen LogP contribution < -0.4 is 16.6 Å². The Labute approximate surface area is 224 Å². The molecule has 0 radical (unpaired) electrons. The van der Waals surface area contributed by atoms with Crippen molar-refractivity contribution in [2.24, 2.45) is 7.05 Å². The van der Waals surface area contributed by atoms with E-state index in [0.717, 1.165) is 5.56 Å². The van der Waals surface area contributed by atoms with Crippen LogP contribution in [0.5, 0.6) is 0 Å². The van der Waals surface area contributed by atoms with Crippen LogP contribution in [-0.2, 0) is 13.5 Å². The summed E-state index contributed by atoms with van der Waals surface area (Å²) in [4.78, 5) is 40.4. The molecule has 0 bridgehead atoms. The average molecular weight is 519 g/mol. The highest BCUT2D eigenvalue weighted by Crippen LogP contribution is 2.21. The van der Waals surface area contributed by atoms with E-state index in [1.807, 2.05) is 44.3 Å². The number of amides is 1. The fourth-order valence-corrected chi connectivity index (χ4v) is 4.21. The molecule has 2 aromatic carbocycles. The molecular weight excluding hydrogens is 492 g/mol. The first kappa shape index (κ1) is 25.4. The zero-order valence-electron chi connectivity index (χ0n) is 21.7. The van der Waals surface area contributed by atoms with E-state index in [-0.39, 0.29) is 17.1 Å². The predicted molar refractivity (Wildman–Crippen MR) is 148 cm³/mol. The normalized spacial score (nSPS) is 11.6. The van der Waals surface area contributed by atoms with E-state index in [1.54, 1.807) is 42.2 Å². The molecule has 5 aromatic rings. The number of nitrogens with one attached hydrogen (secondary N) is 1. The van der Waals surface area contributed by atoms with E-state index in [2.05, 4.69) is 32.2 Å². The number of aryl methyl sites for hydroxylation is 2. The number of hydrogen-bond donors (Lipinski definition) is 2. The Balaban J connectivity index is 1.62. The van der Waals surface area contributed by atoms with Gasteiger partial charge in [-0.1, -0.05) is 43.0 Å². The van der Waals surface area contributed by atoms with E-state index in [9.17, 15) is 9.59 Å². The van der Waals surface area contributed by atoms with Crippen molar-refractivity contribution in [1.29, 1.82) is 0 Å². The summed E-state index contributed by atoms with van der Waals surface area (Å²) in [5.74, 6) is 6.04. The van der Waals surface area contributed by atoms with Gasteiger partial charge in [-0.2, -0.15) is 5.10 Å². The van der Waals surface area contributed by atoms with Crippen LogP contribution in [0.3, 0.4) is 0 Å². The molecule has 0 aliphatic heterocycles. The number of para-hydroxylation sites is 1. The van der Waals surface area contributed by atoms with Gasteiger partial charge in [-0.25, -0.2) is 15.0 Å². The summed E-state index contributed by atoms with van der Waals surface area (Å²) in [6, 6.07) is 13.8. The largest absolute Gasteiger partial charge is 0.382 e. The number of carbonyl (C=O) groups is 1. The van der Waals surface area contributed by atoms with Gasteiger partial charge >= 0.3 is 0 Å². The Morgan fingerprint density at radius 2 is 1.87 bits per heavy atom. The zero-order chi connectivity index (χ0) is 27.5. The van der Waals surface area contributed by atoms with Gasteiger partial charge < -0.3 is 11.1 Å². The lowest BCUT2D eigenvalue weighted by Gasteiger charge is -2.20. The standard InChI is InChI=1S/C29H26N8O2/c1-4-21-16-31-25(26(30)34-21)28(38)33-18(2)27-35-23-12-8-9-20(14-13-19-15-32-36(3)17-19)24(23)29(39)37(27)22-10-6-5-7-11-22/h5-12,15-18H,4H2,1-3H3,(H2,30,34)(H,33,38). The number of aromatic nitrogens is 6. The molecule has 3 aromatic heterocycles. The van der Waals surface area contributed by atoms with Crippen molar-refractivity contribution in [3.63, 3.8) is 0 Å². The first-order valence-corrected chi connectivity index (χ1v) is 12.4. The number of benzene rings is 2. The van der Waals surface area contributed by atoms with Crippen LogP contribution in [-0.4, -0.2) is 35.2 Å². The monoisotopic (exact) mass is 518 g/mol. The quantitative estimate of drug-likeness (QED) is 0.342. The first-order chi connectivity index (χ1) is 18.9. The van der Waals surface area contributed by atoms with Gasteiger partial charge in [0.2, 0.25) is 0 Å². The minimum Gasteiger partial charge on any atom is -0.382 e. The van der Waals surface area contributed by atoms with Crippen molar-refractivity contribution >= 4 is 22.6 Å². The predicted octanol–water partition coefficient (Wildman–Crippen LogP) is 2.94. The Morgan fingerprint density at radius 3 is 2.56 bits per heavy atom. The third-order valence-electron chi connectivity index (χ3n) is 6.15. The minimum atomic E-state index is -0.674. The second-order valence-electron chi connectivity index (χ2n) is 8.94. The Hall–Kier alpha value is -5.30. The summed E-state index contributed by atoms with van der Waals surface area (Å²) in [6.07, 6.45) is 5.63. The second-order valence-corrected chi connectivity index (χ2v) is 8.94. The molecule has 0 aliphatic carbocycles. The van der Waals surface area contributed by atoms with Crippen LogP contribution in [0.15, 0.2) is 71.9 Å². The van der Waals surface area contributed by atoms with Gasteiger partial charge in [0, 0.05) is 25.0 Å². The molecule has 3 heterocycles. The van der Waals surface area contributed by atoms with Crippen LogP contribution in [0.4, 0.5) is 5.82 Å². The summed E-state index contributed by atoms with van der Waals surface area (Å²) < 4.78 is 3.16. The van der Waals surface area contributed by atoms with Crippen molar-refractivity contribution in [3.8, 4) is 17.5 Å². The molecule has 0 saturated carbocycles. The van der Waals surface area contributed by atoms with E-state index in [4.69, 9.17) is 10.7 Å². The van der Waals surface area contributed by atoms with E-state index < -0.39 is 11.9 Å². The van der Waals surface area contributed by atoms with Crippen LogP contribution in [0, 0.1) is 11.8 Å². The molecule has 1 amide bonds. The maximum absolute atomic E-state index is 14.1. The fourth-order valence-electron chi connectivity index (χ4n) is 4.21. The fraction of sp³-hybridized carbons (Fsp3) is 0.172. The van der Waals surface area contributed by atoms with Crippen LogP contribution in [0.1, 0.15) is 53.0 Å². The van der Waals surface area contributed by atoms with Gasteiger partial charge in [-0.15, -0.1) is 0 Å². The lowest BCUT2D eigenvalue weighted by Crippen LogP contribution is -2.34. The lowest BCUT2D eigenvalue weighted by molar-refractivity contribution is 0.0933. The van der Waals surface area contributed by atoms with Gasteiger partial charge in [0.1, 0.15) is 5.82 Å². The molecule has 3 N–H and O–H groups in total. The molecule has 194 valence electrons. The number of hydrogen-bond acceptors (Lipinski definition) is 7. The molecule has 0 spiro atoms. The van der Waals surface area contributed by atoms with Crippen molar-refractivity contribution in [3.05, 3.63) is 106 Å². The Morgan fingerprint density at radius 1 is 1.08 bits per heavy atom. The van der Waals surface area contributed by atoms with Gasteiger partial charge in [0.25, 0.3) is 11.5 Å². The van der Waals surface area contributed by atoms with Crippen molar-refractivity contribution in [2.75, 3.05) is 5.73 Å².